The van der Waals surface area contributed by atoms with Crippen LogP contribution in [0.5, 0.6) is 0 Å². The lowest BCUT2D eigenvalue weighted by atomic mass is 9.82. The lowest BCUT2D eigenvalue weighted by Gasteiger charge is -2.29. The summed E-state index contributed by atoms with van der Waals surface area (Å²) in [4.78, 5) is 4.63. The molecule has 0 unspecified atom stereocenters. The number of para-hydroxylation sites is 1. The third-order valence-corrected chi connectivity index (χ3v) is 3.13. The summed E-state index contributed by atoms with van der Waals surface area (Å²) in [6.07, 6.45) is 0.933. The second-order valence-electron chi connectivity index (χ2n) is 6.92. The van der Waals surface area contributed by atoms with Crippen molar-refractivity contribution in [1.82, 2.24) is 15.0 Å². The molecule has 5 heteroatoms. The lowest BCUT2D eigenvalue weighted by molar-refractivity contribution is 0.288. The minimum absolute atomic E-state index is 0.189. The predicted octanol–water partition coefficient (Wildman–Crippen LogP) is 4.09. The van der Waals surface area contributed by atoms with Crippen LogP contribution in [0, 0.1) is 5.41 Å². The van der Waals surface area contributed by atoms with Crippen LogP contribution in [0.1, 0.15) is 41.0 Å². The van der Waals surface area contributed by atoms with E-state index in [1.54, 1.807) is 4.68 Å². The Bertz CT molecular complexity index is 635. The fraction of sp³-hybridized carbons (Fsp3) is 0.533. The predicted molar refractivity (Wildman–Crippen MR) is 84.4 cm³/mol. The molecule has 0 bridgehead atoms. The molecule has 0 saturated carbocycles. The van der Waals surface area contributed by atoms with Gasteiger partial charge in [-0.2, -0.15) is 4.68 Å². The van der Waals surface area contributed by atoms with Crippen molar-refractivity contribution in [3.8, 4) is 0 Å². The number of fused-ring (bicyclic) bond motifs is 1. The number of hydrogen-bond donors (Lipinski definition) is 0. The van der Waals surface area contributed by atoms with Crippen molar-refractivity contribution >= 4 is 27.9 Å². The van der Waals surface area contributed by atoms with E-state index in [2.05, 4.69) is 49.9 Å². The Hall–Kier alpha value is -1.42. The molecule has 4 nitrogen and oxygen atoms in total. The summed E-state index contributed by atoms with van der Waals surface area (Å²) in [6.45, 7) is 10.8. The van der Waals surface area contributed by atoms with Crippen LogP contribution >= 0.6 is 11.6 Å². The highest BCUT2D eigenvalue weighted by atomic mass is 35.5. The van der Waals surface area contributed by atoms with Gasteiger partial charge in [0.1, 0.15) is 5.52 Å². The maximum absolute atomic E-state index is 6.35. The molecular formula is C15H21ClN4. The van der Waals surface area contributed by atoms with Gasteiger partial charge in [0, 0.05) is 0 Å². The van der Waals surface area contributed by atoms with Crippen LogP contribution in [-0.2, 0) is 0 Å². The number of aliphatic imine (C=N–C) groups is 1. The van der Waals surface area contributed by atoms with Crippen molar-refractivity contribution in [2.24, 2.45) is 10.4 Å². The maximum atomic E-state index is 6.35. The molecule has 0 spiro atoms. The molecule has 1 heterocycles. The Kier molecular flexibility index (Phi) is 3.87. The molecule has 20 heavy (non-hydrogen) atoms. The zero-order valence-electron chi connectivity index (χ0n) is 12.7. The molecular weight excluding hydrogens is 272 g/mol. The van der Waals surface area contributed by atoms with Crippen molar-refractivity contribution < 1.29 is 0 Å². The molecule has 0 fully saturated rings. The Balaban J connectivity index is 2.35. The second kappa shape index (κ2) is 5.17. The number of halogens is 1. The summed E-state index contributed by atoms with van der Waals surface area (Å²) in [5.74, 6) is 0. The summed E-state index contributed by atoms with van der Waals surface area (Å²) in [7, 11) is 0. The Morgan fingerprint density at radius 2 is 1.85 bits per heavy atom. The SMILES string of the molecule is CC(C)(C)CC(C)(C)N=C(Cl)n1nnc2ccccc21. The maximum Gasteiger partial charge on any atom is 0.221 e. The number of hydrogen-bond acceptors (Lipinski definition) is 3. The van der Waals surface area contributed by atoms with Crippen molar-refractivity contribution in [2.75, 3.05) is 0 Å². The molecule has 108 valence electrons. The molecule has 0 N–H and O–H groups in total. The second-order valence-corrected chi connectivity index (χ2v) is 7.26. The molecule has 1 aromatic heterocycles. The quantitative estimate of drug-likeness (QED) is 0.618. The fourth-order valence-corrected chi connectivity index (χ4v) is 2.99. The van der Waals surface area contributed by atoms with E-state index in [1.165, 1.54) is 0 Å². The van der Waals surface area contributed by atoms with Gasteiger partial charge in [-0.15, -0.1) is 5.10 Å². The third-order valence-electron chi connectivity index (χ3n) is 2.88. The Labute approximate surface area is 124 Å². The lowest BCUT2D eigenvalue weighted by Crippen LogP contribution is -2.27. The minimum atomic E-state index is -0.248. The number of nitrogens with zero attached hydrogens (tertiary/aromatic N) is 4. The average molecular weight is 293 g/mol. The van der Waals surface area contributed by atoms with Gasteiger partial charge in [0.25, 0.3) is 0 Å². The molecule has 0 aliphatic rings. The average Bonchev–Trinajstić information content (AvgIpc) is 2.68. The van der Waals surface area contributed by atoms with Gasteiger partial charge in [0.15, 0.2) is 0 Å². The van der Waals surface area contributed by atoms with E-state index in [9.17, 15) is 0 Å². The first-order chi connectivity index (χ1) is 9.18. The van der Waals surface area contributed by atoms with Crippen LogP contribution in [0.25, 0.3) is 11.0 Å². The number of aromatic nitrogens is 3. The zero-order chi connectivity index (χ0) is 15.0. The van der Waals surface area contributed by atoms with E-state index in [-0.39, 0.29) is 11.0 Å². The molecule has 0 saturated heterocycles. The van der Waals surface area contributed by atoms with E-state index >= 15 is 0 Å². The van der Waals surface area contributed by atoms with Crippen LogP contribution in [-0.4, -0.2) is 25.8 Å². The van der Waals surface area contributed by atoms with Crippen LogP contribution in [0.15, 0.2) is 29.3 Å². The van der Waals surface area contributed by atoms with Crippen LogP contribution < -0.4 is 0 Å². The van der Waals surface area contributed by atoms with Crippen molar-refractivity contribution in [2.45, 2.75) is 46.6 Å². The molecule has 0 amide bonds. The van der Waals surface area contributed by atoms with Crippen LogP contribution in [0.4, 0.5) is 0 Å². The molecule has 0 atom stereocenters. The summed E-state index contributed by atoms with van der Waals surface area (Å²) in [5.41, 5.74) is 1.62. The standard InChI is InChI=1S/C15H21ClN4/c1-14(2,3)10-15(4,5)17-13(16)20-12-9-7-6-8-11(12)18-19-20/h6-9H,10H2,1-5H3. The van der Waals surface area contributed by atoms with Gasteiger partial charge in [-0.1, -0.05) is 38.1 Å². The first-order valence-corrected chi connectivity index (χ1v) is 7.12. The summed E-state index contributed by atoms with van der Waals surface area (Å²) in [6, 6.07) is 7.70. The summed E-state index contributed by atoms with van der Waals surface area (Å²) >= 11 is 6.35. The zero-order valence-corrected chi connectivity index (χ0v) is 13.4. The molecule has 0 radical (unpaired) electrons. The van der Waals surface area contributed by atoms with E-state index < -0.39 is 0 Å². The molecule has 0 aliphatic carbocycles. The first kappa shape index (κ1) is 15.0. The van der Waals surface area contributed by atoms with Gasteiger partial charge < -0.3 is 0 Å². The van der Waals surface area contributed by atoms with E-state index in [1.807, 2.05) is 24.3 Å². The van der Waals surface area contributed by atoms with E-state index in [4.69, 9.17) is 11.6 Å². The molecule has 0 aliphatic heterocycles. The summed E-state index contributed by atoms with van der Waals surface area (Å²) < 4.78 is 1.58. The van der Waals surface area contributed by atoms with Gasteiger partial charge in [0.05, 0.1) is 11.1 Å². The van der Waals surface area contributed by atoms with Gasteiger partial charge >= 0.3 is 0 Å². The third kappa shape index (κ3) is 3.57. The highest BCUT2D eigenvalue weighted by molar-refractivity contribution is 6.65. The summed E-state index contributed by atoms with van der Waals surface area (Å²) in [5, 5.41) is 8.53. The largest absolute Gasteiger partial charge is 0.250 e. The monoisotopic (exact) mass is 292 g/mol. The minimum Gasteiger partial charge on any atom is -0.250 e. The topological polar surface area (TPSA) is 43.1 Å². The van der Waals surface area contributed by atoms with Crippen LogP contribution in [0.2, 0.25) is 0 Å². The number of benzene rings is 1. The Morgan fingerprint density at radius 1 is 1.20 bits per heavy atom. The van der Waals surface area contributed by atoms with E-state index in [0.29, 0.717) is 5.29 Å². The highest BCUT2D eigenvalue weighted by Gasteiger charge is 2.25. The highest BCUT2D eigenvalue weighted by Crippen LogP contribution is 2.30. The van der Waals surface area contributed by atoms with Crippen molar-refractivity contribution in [3.63, 3.8) is 0 Å². The normalized spacial score (nSPS) is 14.0. The molecule has 2 rings (SSSR count). The number of rotatable bonds is 2. The Morgan fingerprint density at radius 3 is 2.50 bits per heavy atom. The van der Waals surface area contributed by atoms with Gasteiger partial charge in [-0.3, -0.25) is 0 Å². The van der Waals surface area contributed by atoms with Crippen molar-refractivity contribution in [1.29, 1.82) is 0 Å². The van der Waals surface area contributed by atoms with Gasteiger partial charge in [-0.25, -0.2) is 4.99 Å². The fourth-order valence-electron chi connectivity index (χ4n) is 2.64. The molecule has 1 aromatic carbocycles. The van der Waals surface area contributed by atoms with Crippen molar-refractivity contribution in [3.05, 3.63) is 24.3 Å². The van der Waals surface area contributed by atoms with Gasteiger partial charge in [-0.05, 0) is 49.4 Å². The van der Waals surface area contributed by atoms with E-state index in [0.717, 1.165) is 17.5 Å². The smallest absolute Gasteiger partial charge is 0.221 e. The molecule has 2 aromatic rings. The van der Waals surface area contributed by atoms with Gasteiger partial charge in [0.2, 0.25) is 5.29 Å². The van der Waals surface area contributed by atoms with Crippen LogP contribution in [0.3, 0.4) is 0 Å². The first-order valence-electron chi connectivity index (χ1n) is 6.74.